The quantitative estimate of drug-likeness (QED) is 0.0342. The number of carboxylic acid groups (broad SMARTS) is 14. The number of hydrogen-bond acceptors (Lipinski definition) is 37. The molecule has 12 rings (SSSR count). The first-order chi connectivity index (χ1) is 55.4. The van der Waals surface area contributed by atoms with Gasteiger partial charge >= 0.3 is 89.7 Å². The Morgan fingerprint density at radius 3 is 1.29 bits per heavy atom. The van der Waals surface area contributed by atoms with Gasteiger partial charge in [-0.2, -0.15) is 121 Å². The molecule has 66 heteroatoms. The fraction of sp³-hybridized carbons (Fsp3) is 0.192. The number of nitrogens with one attached hydrogen (secondary N) is 12. The monoisotopic (exact) mass is 1690 g/mol. The van der Waals surface area contributed by atoms with Crippen LogP contribution in [0.15, 0.2) is 58.9 Å². The number of carbonyl (C=O) groups is 14. The summed E-state index contributed by atoms with van der Waals surface area (Å²) in [5, 5.41) is 214. The standard InChI is InChI=1S/C9H7N3O2.C6H7N3O4.C6H9N3O2.C5H5N3O4.C4H2F3N3O2.C4H3N3O4.C4H5N3O2S.2C4H5N3O2.C3H3N3O3.C3H3N3O2/c13-9(14)7-3-1-2-6(4-7)8-5-10-12-11-8;10-5(11)1-3(6(12)13)4-2-7-9-8-4;1-3(2)4-5(6(10)11)8-9-7-4;9-3(10)1-2-4(5(11)12)7-8-6-2;5-4(6,7)2-1(3(11)12)8-10-9-2;8-3(9)1-2(4(10)11)6-7-5-1;1-10-3-2(4(8)9)5-7-6-3;8-4(9)1-3-2-5-7-6-3;1-2-3(4(8)9)6-7-5-2;7-2-1(3(8)9)4-6-5-2;7-3(8)2-1-4-6-5-2/h1-5H,(H,13,14)(H,10,11,12);2-3H,1H2,(H,10,11)(H,12,13)(H,7,8,9);3H,1-2H3,(H,10,11)(H,7,8,9);1H2,(H,9,10)(H,11,12)(H,6,7,8);(H,11,12)(H,8,9,10);(H,8,9)(H,10,11)(H,5,6,7);1H3,(H,8,9)(H,5,6,7);2H,1H2,(H,8,9)(H,5,6,7);1H3,(H,8,9)(H,5,6,7);(H,8,9)(H2,4,5,6,7);1H,(H,7,8)(H,4,5,6). The zero-order chi connectivity index (χ0) is 89.1. The van der Waals surface area contributed by atoms with Crippen LogP contribution in [0.25, 0.3) is 11.3 Å². The molecule has 118 heavy (non-hydrogen) atoms. The second-order valence-corrected chi connectivity index (χ2v) is 21.0. The van der Waals surface area contributed by atoms with E-state index in [0.717, 1.165) is 11.8 Å². The summed E-state index contributed by atoms with van der Waals surface area (Å²) in [6.45, 7) is 5.31. The predicted octanol–water partition coefficient (Wildman–Crippen LogP) is -2.14. The highest BCUT2D eigenvalue weighted by molar-refractivity contribution is 7.98. The first kappa shape index (κ1) is 96.4. The lowest BCUT2D eigenvalue weighted by Crippen LogP contribution is -2.16. The third kappa shape index (κ3) is 33.6. The van der Waals surface area contributed by atoms with Crippen molar-refractivity contribution >= 4 is 95.3 Å². The van der Waals surface area contributed by atoms with Crippen LogP contribution >= 0.6 is 11.8 Å². The molecule has 0 saturated carbocycles. The van der Waals surface area contributed by atoms with Gasteiger partial charge in [0.25, 0.3) is 5.56 Å². The number of benzene rings is 1. The molecule has 1 atom stereocenters. The maximum atomic E-state index is 11.9. The molecule has 628 valence electrons. The molecule has 0 amide bonds. The number of alkyl halides is 3. The Balaban J connectivity index is 0.000000442. The van der Waals surface area contributed by atoms with E-state index in [1.165, 1.54) is 30.2 Å². The van der Waals surface area contributed by atoms with Gasteiger partial charge in [-0.05, 0) is 31.2 Å². The van der Waals surface area contributed by atoms with Gasteiger partial charge in [0.15, 0.2) is 27.8 Å². The van der Waals surface area contributed by atoms with Crippen molar-refractivity contribution in [3.63, 3.8) is 0 Å². The molecule has 12 aromatic rings. The largest absolute Gasteiger partial charge is 0.481 e. The van der Waals surface area contributed by atoms with Crippen molar-refractivity contribution in [3.05, 3.63) is 150 Å². The molecule has 26 N–H and O–H groups in total. The lowest BCUT2D eigenvalue weighted by atomic mass is 10.0. The smallest absolute Gasteiger partial charge is 0.437 e. The molecular weight excluding hydrogens is 1640 g/mol. The van der Waals surface area contributed by atoms with E-state index >= 15 is 0 Å². The van der Waals surface area contributed by atoms with Crippen LogP contribution < -0.4 is 5.56 Å². The SMILES string of the molecule is CC(C)c1n[nH]nc1C(=O)O.CSc1n[nH]nc1C(=O)O.Cc1n[nH]nc1C(=O)O.O=C(O)CC(C(=O)O)c1cn[nH]n1.O=C(O)Cc1cn[nH]n1.O=C(O)Cc1n[nH]nc1C(=O)O.O=C(O)c1cccc(-c2cn[nH]n2)c1.O=C(O)c1cn[nH]n1.O=C(O)c1n[nH][nH]c1=O.O=C(O)c1n[nH]nc1C(=O)O.O=C(O)c1n[nH]nc1C(F)(F)F. The Hall–Kier alpha value is -17.7. The van der Waals surface area contributed by atoms with E-state index in [9.17, 15) is 85.1 Å². The van der Waals surface area contributed by atoms with Crippen molar-refractivity contribution in [2.24, 2.45) is 0 Å². The Bertz CT molecular complexity index is 5290. The van der Waals surface area contributed by atoms with Crippen molar-refractivity contribution in [3.8, 4) is 11.3 Å². The number of aliphatic carboxylic acids is 4. The predicted molar refractivity (Wildman–Crippen MR) is 359 cm³/mol. The van der Waals surface area contributed by atoms with Crippen LogP contribution in [-0.4, -0.2) is 331 Å². The topological polar surface area (TPSA) is 999 Å². The van der Waals surface area contributed by atoms with Crippen molar-refractivity contribution in [1.29, 1.82) is 0 Å². The van der Waals surface area contributed by atoms with E-state index in [1.54, 1.807) is 42.8 Å². The van der Waals surface area contributed by atoms with Gasteiger partial charge in [0.1, 0.15) is 17.3 Å². The van der Waals surface area contributed by atoms with E-state index in [-0.39, 0.29) is 57.8 Å². The van der Waals surface area contributed by atoms with Gasteiger partial charge in [-0.3, -0.25) is 24.0 Å². The second kappa shape index (κ2) is 48.0. The van der Waals surface area contributed by atoms with Crippen LogP contribution in [0.3, 0.4) is 0 Å². The zero-order valence-corrected chi connectivity index (χ0v) is 59.5. The first-order valence-corrected chi connectivity index (χ1v) is 31.0. The highest BCUT2D eigenvalue weighted by Gasteiger charge is 2.40. The molecule has 0 aliphatic heterocycles. The molecule has 1 aromatic carbocycles. The number of halogens is 3. The number of aromatic amines is 12. The Morgan fingerprint density at radius 2 is 0.907 bits per heavy atom. The van der Waals surface area contributed by atoms with Gasteiger partial charge in [0.05, 0.1) is 72.4 Å². The van der Waals surface area contributed by atoms with E-state index in [1.807, 2.05) is 34.6 Å². The van der Waals surface area contributed by atoms with Gasteiger partial charge in [-0.15, -0.1) is 62.7 Å². The molecule has 62 nitrogen and oxygen atoms in total. The number of nitrogens with zero attached hydrogens (tertiary/aromatic N) is 21. The first-order valence-electron chi connectivity index (χ1n) is 29.8. The highest BCUT2D eigenvalue weighted by Crippen LogP contribution is 2.29. The zero-order valence-electron chi connectivity index (χ0n) is 58.7. The molecule has 0 aliphatic carbocycles. The Morgan fingerprint density at radius 1 is 0.432 bits per heavy atom. The summed E-state index contributed by atoms with van der Waals surface area (Å²) < 4.78 is 35.6. The summed E-state index contributed by atoms with van der Waals surface area (Å²) in [6.07, 6.45) is 1.20. The second-order valence-electron chi connectivity index (χ2n) is 20.2. The molecule has 0 saturated heterocycles. The summed E-state index contributed by atoms with van der Waals surface area (Å²) in [5.74, 6) is -17.9. The normalized spacial score (nSPS) is 10.1. The van der Waals surface area contributed by atoms with Crippen LogP contribution in [-0.2, 0) is 38.2 Å². The number of carboxylic acids is 14. The van der Waals surface area contributed by atoms with Gasteiger partial charge in [-0.25, -0.2) is 58.3 Å². The van der Waals surface area contributed by atoms with E-state index in [2.05, 4.69) is 144 Å². The van der Waals surface area contributed by atoms with Gasteiger partial charge in [-0.1, -0.05) is 26.0 Å². The van der Waals surface area contributed by atoms with Crippen LogP contribution in [0, 0.1) is 6.92 Å². The number of aromatic nitrogens is 33. The number of rotatable bonds is 21. The summed E-state index contributed by atoms with van der Waals surface area (Å²) in [6, 6.07) is 6.55. The van der Waals surface area contributed by atoms with Crippen molar-refractivity contribution in [1.82, 2.24) is 170 Å². The minimum atomic E-state index is -4.79. The summed E-state index contributed by atoms with van der Waals surface area (Å²) in [7, 11) is 0. The molecule has 11 aromatic heterocycles. The number of H-pyrrole nitrogens is 12. The molecule has 11 heterocycles. The highest BCUT2D eigenvalue weighted by atomic mass is 32.2. The molecule has 0 fully saturated rings. The number of thioether (sulfide) groups is 1. The average molecular weight is 1690 g/mol. The minimum Gasteiger partial charge on any atom is -0.481 e. The van der Waals surface area contributed by atoms with Crippen LogP contribution in [0.4, 0.5) is 13.2 Å². The fourth-order valence-electron chi connectivity index (χ4n) is 6.77. The molecule has 0 spiro atoms. The lowest BCUT2D eigenvalue weighted by Gasteiger charge is -2.04. The maximum Gasteiger partial charge on any atom is 0.437 e. The van der Waals surface area contributed by atoms with Gasteiger partial charge < -0.3 is 71.5 Å². The van der Waals surface area contributed by atoms with E-state index in [0.29, 0.717) is 27.8 Å². The van der Waals surface area contributed by atoms with Crippen LogP contribution in [0.5, 0.6) is 0 Å². The Labute approximate surface area is 645 Å². The number of hydrogen-bond donors (Lipinski definition) is 26. The molecular formula is C52H54F3N33O29S. The van der Waals surface area contributed by atoms with E-state index < -0.39 is 143 Å². The number of aryl methyl sites for hydroxylation is 1. The van der Waals surface area contributed by atoms with Crippen molar-refractivity contribution in [2.45, 2.75) is 63.1 Å². The summed E-state index contributed by atoms with van der Waals surface area (Å²) >= 11 is 1.24. The lowest BCUT2D eigenvalue weighted by molar-refractivity contribution is -0.145. The van der Waals surface area contributed by atoms with Crippen molar-refractivity contribution in [2.75, 3.05) is 6.26 Å². The molecule has 0 aliphatic rings. The van der Waals surface area contributed by atoms with Gasteiger partial charge in [0.2, 0.25) is 34.2 Å². The third-order valence-electron chi connectivity index (χ3n) is 11.7. The van der Waals surface area contributed by atoms with Crippen LogP contribution in [0.1, 0.15) is 171 Å². The van der Waals surface area contributed by atoms with Crippen molar-refractivity contribution < 1.29 is 152 Å². The minimum absolute atomic E-state index is 0.0139. The summed E-state index contributed by atoms with van der Waals surface area (Å²) in [4.78, 5) is 154. The van der Waals surface area contributed by atoms with Crippen LogP contribution in [0.2, 0.25) is 0 Å². The molecule has 1 unspecified atom stereocenters. The number of aromatic carboxylic acids is 10. The maximum absolute atomic E-state index is 11.9. The Kier molecular flexibility index (Phi) is 39.2. The third-order valence-corrected chi connectivity index (χ3v) is 12.4. The molecule has 0 radical (unpaired) electrons. The molecule has 0 bridgehead atoms. The van der Waals surface area contributed by atoms with E-state index in [4.69, 9.17) is 71.5 Å². The fourth-order valence-corrected chi connectivity index (χ4v) is 7.23. The van der Waals surface area contributed by atoms with Gasteiger partial charge in [0, 0.05) is 5.56 Å². The summed E-state index contributed by atoms with van der Waals surface area (Å²) in [5.41, 5.74) is -2.49. The average Bonchev–Trinajstić information content (AvgIpc) is 1.66.